The van der Waals surface area contributed by atoms with Crippen molar-refractivity contribution in [1.29, 1.82) is 0 Å². The minimum absolute atomic E-state index is 0.0335. The predicted octanol–water partition coefficient (Wildman–Crippen LogP) is 1.40. The molecular formula is C73H101N21O24S4. The summed E-state index contributed by atoms with van der Waals surface area (Å²) in [6.45, 7) is 6.03. The van der Waals surface area contributed by atoms with Crippen LogP contribution in [-0.2, 0) is 71.5 Å². The van der Waals surface area contributed by atoms with Gasteiger partial charge < -0.3 is 116 Å². The van der Waals surface area contributed by atoms with Gasteiger partial charge in [0, 0.05) is 131 Å². The maximum Gasteiger partial charge on any atom is 0.323 e. The largest absolute Gasteiger partial charge is 0.494 e. The third-order valence-corrected chi connectivity index (χ3v) is 23.3. The molecule has 4 heterocycles. The number of benzene rings is 4. The molecular weight excluding hydrogens is 1680 g/mol. The number of aromatic amines is 2. The molecule has 0 radical (unpaired) electrons. The van der Waals surface area contributed by atoms with Gasteiger partial charge in [0.25, 0.3) is 11.8 Å². The highest BCUT2D eigenvalue weighted by molar-refractivity contribution is 8.19. The summed E-state index contributed by atoms with van der Waals surface area (Å²) in [4.78, 5) is 143. The number of aliphatic carboxylic acids is 2. The monoisotopic (exact) mass is 1780 g/mol. The number of aromatic nitrogens is 8. The second-order valence-corrected chi connectivity index (χ2v) is 34.5. The number of hydrogen-bond acceptors (Lipinski definition) is 29. The topological polar surface area (TPSA) is 683 Å². The molecule has 45 nitrogen and oxygen atoms in total. The maximum atomic E-state index is 13.7. The van der Waals surface area contributed by atoms with Crippen molar-refractivity contribution in [3.63, 3.8) is 0 Å². The molecule has 0 saturated carbocycles. The first-order chi connectivity index (χ1) is 57.7. The minimum atomic E-state index is -4.51. The number of hydrogen-bond donors (Lipinski definition) is 23. The van der Waals surface area contributed by atoms with E-state index in [-0.39, 0.29) is 120 Å². The number of nitrogens with one attached hydrogen (secondary N) is 14. The zero-order valence-electron chi connectivity index (χ0n) is 66.7. The number of nitrogens with zero attached hydrogens (tertiary/aromatic N) is 6. The highest BCUT2D eigenvalue weighted by Gasteiger charge is 2.34. The Morgan fingerprint density at radius 1 is 0.475 bits per heavy atom. The number of H-pyrrole nitrogens is 2. The quantitative estimate of drug-likeness (QED) is 0.0240. The molecule has 0 unspecified atom stereocenters. The predicted molar refractivity (Wildman–Crippen MR) is 446 cm³/mol. The number of rotatable bonds is 52. The molecule has 8 amide bonds. The first-order valence-corrected chi connectivity index (χ1v) is 44.4. The zero-order chi connectivity index (χ0) is 89.1. The molecule has 122 heavy (non-hydrogen) atoms. The van der Waals surface area contributed by atoms with E-state index in [1.165, 1.54) is 52.0 Å². The molecule has 4 aromatic carbocycles. The van der Waals surface area contributed by atoms with E-state index in [4.69, 9.17) is 15.2 Å². The van der Waals surface area contributed by atoms with Gasteiger partial charge in [0.15, 0.2) is 11.9 Å². The van der Waals surface area contributed by atoms with E-state index in [0.717, 1.165) is 11.0 Å². The van der Waals surface area contributed by atoms with Gasteiger partial charge in [-0.15, -0.1) is 0 Å². The number of ether oxygens (including phenoxy) is 2. The summed E-state index contributed by atoms with van der Waals surface area (Å²) in [5.74, 6) is -10.1. The van der Waals surface area contributed by atoms with Crippen molar-refractivity contribution in [3.8, 4) is 11.5 Å². The third-order valence-electron chi connectivity index (χ3n) is 18.2. The Kier molecular flexibility index (Phi) is 35.2. The van der Waals surface area contributed by atoms with Gasteiger partial charge in [-0.1, -0.05) is 0 Å². The second kappa shape index (κ2) is 44.8. The van der Waals surface area contributed by atoms with Gasteiger partial charge in [0.2, 0.25) is 55.5 Å². The van der Waals surface area contributed by atoms with Crippen LogP contribution in [0.2, 0.25) is 0 Å². The fourth-order valence-corrected chi connectivity index (χ4v) is 17.2. The molecule has 0 spiro atoms. The lowest BCUT2D eigenvalue weighted by molar-refractivity contribution is -0.139. The van der Waals surface area contributed by atoms with Gasteiger partial charge in [0.1, 0.15) is 35.7 Å². The third kappa shape index (κ3) is 30.2. The molecule has 0 aliphatic rings. The summed E-state index contributed by atoms with van der Waals surface area (Å²) in [6.07, 6.45) is 10.2. The average Bonchev–Trinajstić information content (AvgIpc) is 1.18. The van der Waals surface area contributed by atoms with E-state index in [1.807, 2.05) is 0 Å². The Hall–Kier alpha value is -11.6. The number of carbonyl (C=O) groups is 10. The van der Waals surface area contributed by atoms with Crippen molar-refractivity contribution in [2.24, 2.45) is 5.73 Å². The Bertz CT molecular complexity index is 5170. The van der Waals surface area contributed by atoms with E-state index >= 15 is 0 Å². The summed E-state index contributed by atoms with van der Waals surface area (Å²) in [6, 6.07) is 6.49. The van der Waals surface area contributed by atoms with E-state index < -0.39 is 169 Å². The molecule has 0 saturated heterocycles. The van der Waals surface area contributed by atoms with Crippen LogP contribution in [0.15, 0.2) is 108 Å². The van der Waals surface area contributed by atoms with E-state index in [9.17, 15) is 102 Å². The number of sulfonamides is 2. The van der Waals surface area contributed by atoms with Gasteiger partial charge in [-0.2, -0.15) is 19.6 Å². The van der Waals surface area contributed by atoms with Crippen molar-refractivity contribution in [2.45, 2.75) is 132 Å². The van der Waals surface area contributed by atoms with Crippen molar-refractivity contribution in [1.82, 2.24) is 91.5 Å². The molecule has 8 rings (SSSR count). The van der Waals surface area contributed by atoms with E-state index in [1.54, 1.807) is 82.9 Å². The molecule has 8 aromatic rings. The molecule has 0 aliphatic heterocycles. The maximum absolute atomic E-state index is 13.7. The van der Waals surface area contributed by atoms with Gasteiger partial charge in [-0.25, -0.2) is 26.8 Å². The molecule has 666 valence electrons. The Morgan fingerprint density at radius 3 is 1.25 bits per heavy atom. The van der Waals surface area contributed by atoms with Crippen LogP contribution in [-0.4, -0.2) is 260 Å². The van der Waals surface area contributed by atoms with Crippen LogP contribution in [0.5, 0.6) is 11.5 Å². The van der Waals surface area contributed by atoms with Crippen LogP contribution in [0.25, 0.3) is 21.8 Å². The number of amides is 8. The molecule has 0 bridgehead atoms. The number of carbonyl (C=O) groups excluding carboxylic acids is 8. The molecule has 5 atom stereocenters. The summed E-state index contributed by atoms with van der Waals surface area (Å²) in [7, 11) is -17.9. The molecule has 4 aromatic heterocycles. The van der Waals surface area contributed by atoms with E-state index in [0.29, 0.717) is 61.7 Å². The van der Waals surface area contributed by atoms with Crippen LogP contribution in [0.4, 0.5) is 11.9 Å². The van der Waals surface area contributed by atoms with Crippen LogP contribution >= 0.6 is 21.7 Å². The smallest absolute Gasteiger partial charge is 0.323 e. The van der Waals surface area contributed by atoms with E-state index in [2.05, 4.69) is 92.7 Å². The van der Waals surface area contributed by atoms with Crippen molar-refractivity contribution in [3.05, 3.63) is 131 Å². The SMILES string of the molecule is Cc1cc(OCCCC(=O)NCCNC(=O)[C@H](CS(O)(O)O)NC(=O)CC[C@H](N)C(=O)N[C@@H](CS(O)(O)O)C(=O)NCCNC(=O)CCCOc2cc(C)c(S(=O)(=O)N[C@@H](CNC(=O)c3ccc4c(cnn4CCCNc4ncc[nH]4)c3)C(=O)O)c(C)c2)cc(C)c1S(=O)(=O)N[C@@H](CNC(=O)c1ccc2c(cnn2CCCNc2ncc[nH]2)c1)C(=O)O. The molecule has 0 fully saturated rings. The first-order valence-electron chi connectivity index (χ1n) is 38.1. The highest BCUT2D eigenvalue weighted by atomic mass is 32.3. The number of carboxylic acid groups (broad SMARTS) is 2. The summed E-state index contributed by atoms with van der Waals surface area (Å²) in [5.41, 5.74) is 8.64. The number of imidazole rings is 2. The number of carboxylic acids is 2. The minimum Gasteiger partial charge on any atom is -0.494 e. The lowest BCUT2D eigenvalue weighted by Crippen LogP contribution is -2.54. The lowest BCUT2D eigenvalue weighted by atomic mass is 10.1. The summed E-state index contributed by atoms with van der Waals surface area (Å²) < 4.78 is 133. The Morgan fingerprint density at radius 2 is 0.869 bits per heavy atom. The van der Waals surface area contributed by atoms with Crippen LogP contribution in [0, 0.1) is 27.7 Å². The van der Waals surface area contributed by atoms with Crippen LogP contribution < -0.4 is 77.8 Å². The number of aryl methyl sites for hydroxylation is 6. The highest BCUT2D eigenvalue weighted by Crippen LogP contribution is 2.35. The number of fused-ring (bicyclic) bond motifs is 2. The fourth-order valence-electron chi connectivity index (χ4n) is 12.5. The van der Waals surface area contributed by atoms with Gasteiger partial charge in [0.05, 0.1) is 85.7 Å². The zero-order valence-corrected chi connectivity index (χ0v) is 69.9. The standard InChI is InChI=1S/C73H101N21O24S4/c1-43-31-51(32-44(2)63(43)121(113,114)91-54(70(103)104)39-85-65(98)47-11-14-58-49(35-47)37-87-93(58)27-7-17-79-72-81-23-24-82-72)117-29-5-9-60(95)75-19-21-77-68(101)56(41-119(107,108)109)89-62(97)16-13-53(74)67(100)90-57(42-120(110,111)112)69(102)78-22-20-76-61(96)10-6-30-118-52-33-45(3)64(46(4)34-52)122(115,116)92-55(71(105)106)40-86-66(99)48-12-15-59-50(36-48)38-88-94(59)28-8-18-80-73-83-25-26-84-73/h11-12,14-15,23-26,31-38,53-57,91-92,107-112H,5-10,13,16-22,27-30,39-42,74H2,1-4H3,(H,75,95)(H,76,96)(H,77,101)(H,78,102)(H,85,98)(H,86,99)(H,89,97)(H,90,100)(H,103,104)(H,105,106)(H2,79,81,82)(H2,80,83,84)/t53-,54-,55-,56-,57-/m0/s1. The normalized spacial score (nSPS) is 13.3. The van der Waals surface area contributed by atoms with Gasteiger partial charge in [-0.05, 0) is 143 Å². The average molecular weight is 1790 g/mol. The van der Waals surface area contributed by atoms with Crippen molar-refractivity contribution < 1.29 is 112 Å². The number of nitrogens with two attached hydrogens (primary N) is 1. The Labute approximate surface area is 702 Å². The van der Waals surface area contributed by atoms with Gasteiger partial charge in [-0.3, -0.25) is 57.3 Å². The van der Waals surface area contributed by atoms with Crippen LogP contribution in [0.3, 0.4) is 0 Å². The number of anilines is 2. The lowest BCUT2D eigenvalue weighted by Gasteiger charge is -2.27. The fraction of sp³-hybridized carbons (Fsp3) is 0.425. The van der Waals surface area contributed by atoms with Crippen molar-refractivity contribution >= 4 is 135 Å². The molecule has 24 N–H and O–H groups in total. The molecule has 49 heteroatoms. The Balaban J connectivity index is 0.684. The van der Waals surface area contributed by atoms with Gasteiger partial charge >= 0.3 is 11.9 Å². The molecule has 0 aliphatic carbocycles. The van der Waals surface area contributed by atoms with Crippen LogP contribution in [0.1, 0.15) is 94.3 Å². The second-order valence-electron chi connectivity index (χ2n) is 28.0. The van der Waals surface area contributed by atoms with Crippen molar-refractivity contribution in [2.75, 3.05) is 87.7 Å². The summed E-state index contributed by atoms with van der Waals surface area (Å²) in [5, 5.41) is 55.5. The summed E-state index contributed by atoms with van der Waals surface area (Å²) >= 11 is 0. The first kappa shape index (κ1) is 95.8.